The number of hydrogen-bond donors (Lipinski definition) is 1. The Hall–Kier alpha value is -3.06. The van der Waals surface area contributed by atoms with Crippen LogP contribution >= 0.6 is 11.3 Å². The van der Waals surface area contributed by atoms with E-state index in [0.29, 0.717) is 24.3 Å². The van der Waals surface area contributed by atoms with Crippen molar-refractivity contribution in [3.8, 4) is 0 Å². The molecule has 5 rings (SSSR count). The lowest BCUT2D eigenvalue weighted by Gasteiger charge is -2.36. The second-order valence-corrected chi connectivity index (χ2v) is 10.5. The van der Waals surface area contributed by atoms with Crippen LogP contribution in [0.15, 0.2) is 48.5 Å². The van der Waals surface area contributed by atoms with Crippen molar-refractivity contribution < 1.29 is 19.1 Å². The van der Waals surface area contributed by atoms with Crippen LogP contribution in [0.5, 0.6) is 0 Å². The third-order valence-electron chi connectivity index (χ3n) is 6.96. The molecule has 2 aromatic carbocycles. The summed E-state index contributed by atoms with van der Waals surface area (Å²) in [5.41, 5.74) is 2.77. The molecule has 2 aliphatic rings. The van der Waals surface area contributed by atoms with Gasteiger partial charge in [-0.15, -0.1) is 11.3 Å². The first-order valence-corrected chi connectivity index (χ1v) is 12.8. The van der Waals surface area contributed by atoms with Crippen molar-refractivity contribution in [2.75, 3.05) is 5.32 Å². The molecule has 1 heterocycles. The largest absolute Gasteiger partial charge is 0.452 e. The van der Waals surface area contributed by atoms with E-state index in [1.54, 1.807) is 18.3 Å². The number of ketones is 1. The molecule has 3 aromatic rings. The predicted molar refractivity (Wildman–Crippen MR) is 132 cm³/mol. The summed E-state index contributed by atoms with van der Waals surface area (Å²) >= 11 is 1.69. The Balaban J connectivity index is 1.14. The SMILES string of the molecule is C[C@@H](OC(=O)C1C[C@@H]2CCC[C@@H](C1)C2=O)C(=O)Nc1ccc(Cc2nc3ccccc3s2)cc1. The van der Waals surface area contributed by atoms with Gasteiger partial charge in [0.25, 0.3) is 5.91 Å². The number of thiazole rings is 1. The zero-order valence-corrected chi connectivity index (χ0v) is 20.0. The minimum absolute atomic E-state index is 0.0181. The number of ether oxygens (including phenoxy) is 1. The fourth-order valence-corrected chi connectivity index (χ4v) is 6.12. The number of anilines is 1. The summed E-state index contributed by atoms with van der Waals surface area (Å²) in [5.74, 6) is -0.735. The third kappa shape index (κ3) is 4.89. The van der Waals surface area contributed by atoms with Crippen LogP contribution in [0.25, 0.3) is 10.2 Å². The highest BCUT2D eigenvalue weighted by Gasteiger charge is 2.42. The number of esters is 1. The zero-order valence-electron chi connectivity index (χ0n) is 19.2. The Labute approximate surface area is 202 Å². The quantitative estimate of drug-likeness (QED) is 0.497. The number of carbonyl (C=O) groups is 3. The summed E-state index contributed by atoms with van der Waals surface area (Å²) < 4.78 is 6.66. The molecule has 2 aliphatic carbocycles. The number of nitrogens with zero attached hydrogens (tertiary/aromatic N) is 1. The van der Waals surface area contributed by atoms with Gasteiger partial charge in [0.2, 0.25) is 0 Å². The number of amides is 1. The Morgan fingerprint density at radius 1 is 1.09 bits per heavy atom. The van der Waals surface area contributed by atoms with Crippen LogP contribution < -0.4 is 5.32 Å². The van der Waals surface area contributed by atoms with Crippen molar-refractivity contribution in [1.82, 2.24) is 4.98 Å². The second kappa shape index (κ2) is 9.66. The van der Waals surface area contributed by atoms with Crippen LogP contribution in [0.1, 0.15) is 49.6 Å². The minimum Gasteiger partial charge on any atom is -0.452 e. The van der Waals surface area contributed by atoms with Gasteiger partial charge in [0.15, 0.2) is 6.10 Å². The summed E-state index contributed by atoms with van der Waals surface area (Å²) in [6.45, 7) is 1.59. The van der Waals surface area contributed by atoms with Crippen molar-refractivity contribution in [2.24, 2.45) is 17.8 Å². The summed E-state index contributed by atoms with van der Waals surface area (Å²) in [6.07, 6.45) is 3.73. The van der Waals surface area contributed by atoms with Crippen LogP contribution in [-0.2, 0) is 25.5 Å². The second-order valence-electron chi connectivity index (χ2n) is 9.41. The molecule has 0 radical (unpaired) electrons. The Bertz CT molecular complexity index is 1170. The van der Waals surface area contributed by atoms with E-state index in [0.717, 1.165) is 41.8 Å². The molecule has 7 heteroatoms. The lowest BCUT2D eigenvalue weighted by atomic mass is 9.67. The number of nitrogens with one attached hydrogen (secondary N) is 1. The molecular formula is C27H28N2O4S. The van der Waals surface area contributed by atoms with Gasteiger partial charge in [-0.1, -0.05) is 30.7 Å². The van der Waals surface area contributed by atoms with Crippen LogP contribution in [-0.4, -0.2) is 28.7 Å². The number of carbonyl (C=O) groups excluding carboxylic acids is 3. The highest BCUT2D eigenvalue weighted by Crippen LogP contribution is 2.40. The molecule has 0 unspecified atom stereocenters. The number of para-hydroxylation sites is 1. The van der Waals surface area contributed by atoms with Crippen molar-refractivity contribution in [1.29, 1.82) is 0 Å². The number of benzene rings is 2. The molecule has 1 aromatic heterocycles. The Morgan fingerprint density at radius 2 is 1.79 bits per heavy atom. The van der Waals surface area contributed by atoms with Gasteiger partial charge in [-0.3, -0.25) is 14.4 Å². The number of rotatable bonds is 6. The average Bonchev–Trinajstić information content (AvgIpc) is 3.22. The van der Waals surface area contributed by atoms with Gasteiger partial charge in [0.1, 0.15) is 5.78 Å². The number of hydrogen-bond acceptors (Lipinski definition) is 6. The van der Waals surface area contributed by atoms with E-state index in [4.69, 9.17) is 4.74 Å². The van der Waals surface area contributed by atoms with Crippen LogP contribution in [0.2, 0.25) is 0 Å². The summed E-state index contributed by atoms with van der Waals surface area (Å²) in [5, 5.41) is 3.87. The number of aromatic nitrogens is 1. The van der Waals surface area contributed by atoms with E-state index in [1.165, 1.54) is 4.70 Å². The maximum Gasteiger partial charge on any atom is 0.309 e. The van der Waals surface area contributed by atoms with Crippen molar-refractivity contribution in [3.05, 3.63) is 59.1 Å². The molecule has 1 amide bonds. The molecule has 2 fully saturated rings. The van der Waals surface area contributed by atoms with Crippen LogP contribution in [0.3, 0.4) is 0 Å². The van der Waals surface area contributed by atoms with E-state index in [-0.39, 0.29) is 29.6 Å². The molecule has 0 spiro atoms. The highest BCUT2D eigenvalue weighted by molar-refractivity contribution is 7.18. The molecule has 1 N–H and O–H groups in total. The molecule has 3 atom stereocenters. The maximum absolute atomic E-state index is 12.7. The predicted octanol–water partition coefficient (Wildman–Crippen LogP) is 5.15. The van der Waals surface area contributed by atoms with Crippen molar-refractivity contribution in [3.63, 3.8) is 0 Å². The number of Topliss-reactive ketones (excluding diaryl/α,β-unsaturated/α-hetero) is 1. The van der Waals surface area contributed by atoms with Crippen molar-refractivity contribution in [2.45, 2.75) is 51.6 Å². The first kappa shape index (κ1) is 22.7. The smallest absolute Gasteiger partial charge is 0.309 e. The van der Waals surface area contributed by atoms with Gasteiger partial charge in [-0.2, -0.15) is 0 Å². The lowest BCUT2D eigenvalue weighted by molar-refractivity contribution is -0.161. The molecular weight excluding hydrogens is 448 g/mol. The van der Waals surface area contributed by atoms with E-state index < -0.39 is 6.10 Å². The van der Waals surface area contributed by atoms with Gasteiger partial charge >= 0.3 is 5.97 Å². The lowest BCUT2D eigenvalue weighted by Crippen LogP contribution is -2.41. The average molecular weight is 477 g/mol. The Kier molecular flexibility index (Phi) is 6.46. The van der Waals surface area contributed by atoms with Gasteiger partial charge in [-0.25, -0.2) is 4.98 Å². The summed E-state index contributed by atoms with van der Waals surface area (Å²) in [6, 6.07) is 15.7. The normalized spacial score (nSPS) is 22.9. The molecule has 6 nitrogen and oxygen atoms in total. The zero-order chi connectivity index (χ0) is 23.7. The molecule has 2 saturated carbocycles. The fourth-order valence-electron chi connectivity index (χ4n) is 5.12. The van der Waals surface area contributed by atoms with Crippen LogP contribution in [0, 0.1) is 17.8 Å². The van der Waals surface area contributed by atoms with Crippen molar-refractivity contribution >= 4 is 44.9 Å². The summed E-state index contributed by atoms with van der Waals surface area (Å²) in [7, 11) is 0. The van der Waals surface area contributed by atoms with Gasteiger partial charge in [0.05, 0.1) is 21.1 Å². The maximum atomic E-state index is 12.7. The first-order valence-electron chi connectivity index (χ1n) is 11.9. The third-order valence-corrected chi connectivity index (χ3v) is 7.99. The first-order chi connectivity index (χ1) is 16.5. The van der Waals surface area contributed by atoms with E-state index in [1.807, 2.05) is 42.5 Å². The molecule has 2 bridgehead atoms. The fraction of sp³-hybridized carbons (Fsp3) is 0.407. The standard InChI is InChI=1S/C27H28N2O4S/c1-16(33-27(32)20-14-18-5-4-6-19(15-20)25(18)30)26(31)28-21-11-9-17(10-12-21)13-24-29-22-7-2-3-8-23(22)34-24/h2-3,7-12,16,18-20H,4-6,13-15H2,1H3,(H,28,31)/t16-,18+,19+/m1/s1. The topological polar surface area (TPSA) is 85.4 Å². The molecule has 0 aliphatic heterocycles. The molecule has 34 heavy (non-hydrogen) atoms. The molecule has 176 valence electrons. The minimum atomic E-state index is -0.896. The highest BCUT2D eigenvalue weighted by atomic mass is 32.1. The van der Waals surface area contributed by atoms with E-state index >= 15 is 0 Å². The van der Waals surface area contributed by atoms with Gasteiger partial charge in [0, 0.05) is 23.9 Å². The molecule has 0 saturated heterocycles. The monoisotopic (exact) mass is 476 g/mol. The van der Waals surface area contributed by atoms with Crippen LogP contribution in [0.4, 0.5) is 5.69 Å². The van der Waals surface area contributed by atoms with Gasteiger partial charge in [-0.05, 0) is 62.4 Å². The number of fused-ring (bicyclic) bond motifs is 3. The summed E-state index contributed by atoms with van der Waals surface area (Å²) in [4.78, 5) is 42.2. The van der Waals surface area contributed by atoms with E-state index in [9.17, 15) is 14.4 Å². The van der Waals surface area contributed by atoms with Gasteiger partial charge < -0.3 is 10.1 Å². The van der Waals surface area contributed by atoms with E-state index in [2.05, 4.69) is 16.4 Å². The Morgan fingerprint density at radius 3 is 2.50 bits per heavy atom.